The van der Waals surface area contributed by atoms with E-state index in [0.29, 0.717) is 17.9 Å². The summed E-state index contributed by atoms with van der Waals surface area (Å²) in [5.41, 5.74) is 6.09. The molecule has 0 saturated heterocycles. The molecule has 1 fully saturated rings. The molecule has 0 unspecified atom stereocenters. The van der Waals surface area contributed by atoms with Crippen LogP contribution in [-0.2, 0) is 0 Å². The number of halogens is 1. The van der Waals surface area contributed by atoms with Gasteiger partial charge in [-0.05, 0) is 37.5 Å². The summed E-state index contributed by atoms with van der Waals surface area (Å²) in [4.78, 5) is 0. The van der Waals surface area contributed by atoms with Gasteiger partial charge in [-0.25, -0.2) is 4.39 Å². The average molecular weight is 210 g/mol. The number of nitrogen functional groups attached to an aromatic ring is 1. The molecule has 0 aromatic heterocycles. The van der Waals surface area contributed by atoms with Crippen molar-refractivity contribution in [1.82, 2.24) is 0 Å². The number of nitrogens with one attached hydrogen (secondary N) is 1. The van der Waals surface area contributed by atoms with Crippen molar-refractivity contribution < 1.29 is 9.50 Å². The third-order valence-electron chi connectivity index (χ3n) is 2.91. The lowest BCUT2D eigenvalue weighted by Crippen LogP contribution is -2.43. The van der Waals surface area contributed by atoms with Crippen LogP contribution in [-0.4, -0.2) is 17.3 Å². The van der Waals surface area contributed by atoms with Gasteiger partial charge in [0.05, 0.1) is 17.0 Å². The van der Waals surface area contributed by atoms with Crippen LogP contribution in [0.3, 0.4) is 0 Å². The lowest BCUT2D eigenvalue weighted by atomic mass is 9.80. The van der Waals surface area contributed by atoms with Gasteiger partial charge in [-0.3, -0.25) is 0 Å². The summed E-state index contributed by atoms with van der Waals surface area (Å²) in [5.74, 6) is -0.327. The van der Waals surface area contributed by atoms with Gasteiger partial charge in [0, 0.05) is 6.54 Å². The molecule has 1 aliphatic rings. The van der Waals surface area contributed by atoms with E-state index in [4.69, 9.17) is 5.73 Å². The lowest BCUT2D eigenvalue weighted by molar-refractivity contribution is -0.0201. The number of hydrogen-bond acceptors (Lipinski definition) is 3. The summed E-state index contributed by atoms with van der Waals surface area (Å²) in [6.45, 7) is 0.431. The van der Waals surface area contributed by atoms with Gasteiger partial charge in [0.1, 0.15) is 5.82 Å². The molecule has 4 heteroatoms. The van der Waals surface area contributed by atoms with E-state index in [0.717, 1.165) is 19.3 Å². The highest BCUT2D eigenvalue weighted by atomic mass is 19.1. The molecular weight excluding hydrogens is 195 g/mol. The van der Waals surface area contributed by atoms with Crippen LogP contribution in [0.15, 0.2) is 18.2 Å². The normalized spacial score (nSPS) is 18.3. The second kappa shape index (κ2) is 3.70. The third-order valence-corrected chi connectivity index (χ3v) is 2.91. The van der Waals surface area contributed by atoms with Crippen LogP contribution in [0.25, 0.3) is 0 Å². The summed E-state index contributed by atoms with van der Waals surface area (Å²) in [7, 11) is 0. The molecule has 0 bridgehead atoms. The lowest BCUT2D eigenvalue weighted by Gasteiger charge is -2.37. The number of nitrogens with two attached hydrogens (primary N) is 1. The highest BCUT2D eigenvalue weighted by Crippen LogP contribution is 2.32. The van der Waals surface area contributed by atoms with E-state index in [1.165, 1.54) is 18.2 Å². The molecule has 3 nitrogen and oxygen atoms in total. The van der Waals surface area contributed by atoms with Crippen LogP contribution in [0.5, 0.6) is 0 Å². The molecule has 0 spiro atoms. The highest BCUT2D eigenvalue weighted by molar-refractivity contribution is 5.65. The molecule has 82 valence electrons. The topological polar surface area (TPSA) is 58.3 Å². The first-order chi connectivity index (χ1) is 7.09. The maximum absolute atomic E-state index is 12.9. The SMILES string of the molecule is Nc1ccc(F)cc1NCC1(O)CCC1. The summed E-state index contributed by atoms with van der Waals surface area (Å²) in [6.07, 6.45) is 2.65. The smallest absolute Gasteiger partial charge is 0.125 e. The fourth-order valence-corrected chi connectivity index (χ4v) is 1.70. The largest absolute Gasteiger partial charge is 0.397 e. The van der Waals surface area contributed by atoms with Crippen molar-refractivity contribution in [2.24, 2.45) is 0 Å². The maximum Gasteiger partial charge on any atom is 0.125 e. The van der Waals surface area contributed by atoms with Crippen molar-refractivity contribution in [3.8, 4) is 0 Å². The monoisotopic (exact) mass is 210 g/mol. The van der Waals surface area contributed by atoms with Crippen LogP contribution >= 0.6 is 0 Å². The van der Waals surface area contributed by atoms with Crippen molar-refractivity contribution in [2.45, 2.75) is 24.9 Å². The first-order valence-electron chi connectivity index (χ1n) is 5.10. The Morgan fingerprint density at radius 1 is 1.47 bits per heavy atom. The van der Waals surface area contributed by atoms with Crippen molar-refractivity contribution >= 4 is 11.4 Å². The molecule has 0 heterocycles. The Morgan fingerprint density at radius 3 is 2.80 bits per heavy atom. The fourth-order valence-electron chi connectivity index (χ4n) is 1.70. The van der Waals surface area contributed by atoms with E-state index in [9.17, 15) is 9.50 Å². The van der Waals surface area contributed by atoms with Crippen LogP contribution in [0.4, 0.5) is 15.8 Å². The Labute approximate surface area is 88.1 Å². The Balaban J connectivity index is 2.01. The molecule has 1 aliphatic carbocycles. The summed E-state index contributed by atoms with van der Waals surface area (Å²) in [6, 6.07) is 4.18. The second-order valence-electron chi connectivity index (χ2n) is 4.16. The quantitative estimate of drug-likeness (QED) is 0.666. The number of hydrogen-bond donors (Lipinski definition) is 3. The zero-order valence-electron chi connectivity index (χ0n) is 8.46. The Bertz CT molecular complexity index is 364. The van der Waals surface area contributed by atoms with E-state index < -0.39 is 5.60 Å². The second-order valence-corrected chi connectivity index (χ2v) is 4.16. The minimum Gasteiger partial charge on any atom is -0.397 e. The molecule has 0 aliphatic heterocycles. The zero-order chi connectivity index (χ0) is 10.9. The molecule has 0 radical (unpaired) electrons. The van der Waals surface area contributed by atoms with Crippen LogP contribution in [0.2, 0.25) is 0 Å². The van der Waals surface area contributed by atoms with Gasteiger partial charge in [0.25, 0.3) is 0 Å². The van der Waals surface area contributed by atoms with E-state index in [2.05, 4.69) is 5.32 Å². The number of benzene rings is 1. The average Bonchev–Trinajstić information content (AvgIpc) is 2.17. The maximum atomic E-state index is 12.9. The van der Waals surface area contributed by atoms with E-state index >= 15 is 0 Å². The molecule has 1 saturated carbocycles. The predicted octanol–water partition coefficient (Wildman–Crippen LogP) is 1.73. The Hall–Kier alpha value is -1.29. The summed E-state index contributed by atoms with van der Waals surface area (Å²) < 4.78 is 12.9. The zero-order valence-corrected chi connectivity index (χ0v) is 8.46. The van der Waals surface area contributed by atoms with Crippen LogP contribution < -0.4 is 11.1 Å². The number of anilines is 2. The van der Waals surface area contributed by atoms with Crippen molar-refractivity contribution in [1.29, 1.82) is 0 Å². The van der Waals surface area contributed by atoms with Crippen molar-refractivity contribution in [2.75, 3.05) is 17.6 Å². The molecule has 1 aromatic rings. The van der Waals surface area contributed by atoms with Gasteiger partial charge in [-0.2, -0.15) is 0 Å². The number of aliphatic hydroxyl groups is 1. The molecule has 4 N–H and O–H groups in total. The molecule has 0 atom stereocenters. The van der Waals surface area contributed by atoms with E-state index in [1.54, 1.807) is 0 Å². The van der Waals surface area contributed by atoms with Crippen molar-refractivity contribution in [3.05, 3.63) is 24.0 Å². The van der Waals surface area contributed by atoms with Gasteiger partial charge in [-0.15, -0.1) is 0 Å². The third kappa shape index (κ3) is 2.21. The Morgan fingerprint density at radius 2 is 2.20 bits per heavy atom. The van der Waals surface area contributed by atoms with Gasteiger partial charge < -0.3 is 16.2 Å². The van der Waals surface area contributed by atoms with Crippen LogP contribution in [0.1, 0.15) is 19.3 Å². The van der Waals surface area contributed by atoms with E-state index in [-0.39, 0.29) is 5.82 Å². The molecule has 2 rings (SSSR count). The summed E-state index contributed by atoms with van der Waals surface area (Å²) >= 11 is 0. The molecule has 1 aromatic carbocycles. The molecular formula is C11H15FN2O. The van der Waals surface area contributed by atoms with Gasteiger partial charge in [0.2, 0.25) is 0 Å². The van der Waals surface area contributed by atoms with Crippen molar-refractivity contribution in [3.63, 3.8) is 0 Å². The molecule has 15 heavy (non-hydrogen) atoms. The Kier molecular flexibility index (Phi) is 2.52. The van der Waals surface area contributed by atoms with Gasteiger partial charge in [0.15, 0.2) is 0 Å². The van der Waals surface area contributed by atoms with Gasteiger partial charge in [-0.1, -0.05) is 0 Å². The number of rotatable bonds is 3. The highest BCUT2D eigenvalue weighted by Gasteiger charge is 2.33. The first-order valence-corrected chi connectivity index (χ1v) is 5.10. The van der Waals surface area contributed by atoms with Gasteiger partial charge >= 0.3 is 0 Å². The first kappa shape index (κ1) is 10.2. The minimum atomic E-state index is -0.626. The molecule has 0 amide bonds. The summed E-state index contributed by atoms with van der Waals surface area (Å²) in [5, 5.41) is 12.8. The standard InChI is InChI=1S/C11H15FN2O/c12-8-2-3-9(13)10(6-8)14-7-11(15)4-1-5-11/h2-3,6,14-15H,1,4-5,7,13H2. The predicted molar refractivity (Wildman–Crippen MR) is 58.1 cm³/mol. The minimum absolute atomic E-state index is 0.327. The van der Waals surface area contributed by atoms with E-state index in [1.807, 2.05) is 0 Å². The fraction of sp³-hybridized carbons (Fsp3) is 0.455. The van der Waals surface area contributed by atoms with Crippen LogP contribution in [0, 0.1) is 5.82 Å².